The summed E-state index contributed by atoms with van der Waals surface area (Å²) in [6, 6.07) is 0.203. The number of nitrogens with one attached hydrogen (secondary N) is 1. The minimum atomic E-state index is -0.187. The first-order valence-electron chi connectivity index (χ1n) is 5.78. The van der Waals surface area contributed by atoms with Crippen LogP contribution >= 0.6 is 0 Å². The molecule has 0 spiro atoms. The fourth-order valence-electron chi connectivity index (χ4n) is 2.38. The molecule has 2 heterocycles. The van der Waals surface area contributed by atoms with E-state index in [1.54, 1.807) is 0 Å². The van der Waals surface area contributed by atoms with Gasteiger partial charge in [0.15, 0.2) is 0 Å². The predicted molar refractivity (Wildman–Crippen MR) is 60.7 cm³/mol. The van der Waals surface area contributed by atoms with Crippen LogP contribution in [0.15, 0.2) is 12.2 Å². The van der Waals surface area contributed by atoms with Crippen molar-refractivity contribution in [3.8, 4) is 0 Å². The first-order valence-corrected chi connectivity index (χ1v) is 5.78. The maximum Gasteiger partial charge on any atom is 0.253 e. The molecule has 1 unspecified atom stereocenters. The Morgan fingerprint density at radius 3 is 2.56 bits per heavy atom. The Morgan fingerprint density at radius 1 is 1.38 bits per heavy atom. The number of hydrogen-bond acceptors (Lipinski definition) is 3. The van der Waals surface area contributed by atoms with Crippen molar-refractivity contribution in [2.75, 3.05) is 13.1 Å². The molecule has 0 bridgehead atoms. The van der Waals surface area contributed by atoms with Crippen LogP contribution in [0.1, 0.15) is 26.7 Å². The summed E-state index contributed by atoms with van der Waals surface area (Å²) in [6.45, 7) is 5.82. The molecule has 2 aliphatic rings. The van der Waals surface area contributed by atoms with Crippen LogP contribution < -0.4 is 5.32 Å². The number of hydrogen-bond donors (Lipinski definition) is 1. The standard InChI is InChI=1S/C12H18N2O2/c1-12(2)6-3-7-13-9(12)8-14-10(15)4-5-11(14)16/h4-5,9,13H,3,6-8H2,1-2H3. The molecule has 4 heteroatoms. The highest BCUT2D eigenvalue weighted by Gasteiger charge is 2.36. The lowest BCUT2D eigenvalue weighted by Crippen LogP contribution is -2.53. The molecule has 0 aromatic carbocycles. The van der Waals surface area contributed by atoms with Gasteiger partial charge < -0.3 is 5.32 Å². The van der Waals surface area contributed by atoms with Crippen LogP contribution in [0.3, 0.4) is 0 Å². The second-order valence-electron chi connectivity index (χ2n) is 5.22. The van der Waals surface area contributed by atoms with E-state index >= 15 is 0 Å². The molecule has 88 valence electrons. The first-order chi connectivity index (χ1) is 7.50. The Bertz CT molecular complexity index is 329. The second kappa shape index (κ2) is 4.01. The lowest BCUT2D eigenvalue weighted by molar-refractivity contribution is -0.137. The molecule has 1 atom stereocenters. The van der Waals surface area contributed by atoms with Gasteiger partial charge >= 0.3 is 0 Å². The van der Waals surface area contributed by atoms with Gasteiger partial charge in [-0.25, -0.2) is 0 Å². The van der Waals surface area contributed by atoms with Crippen LogP contribution in [0.25, 0.3) is 0 Å². The van der Waals surface area contributed by atoms with E-state index in [9.17, 15) is 9.59 Å². The topological polar surface area (TPSA) is 49.4 Å². The van der Waals surface area contributed by atoms with E-state index < -0.39 is 0 Å². The minimum absolute atomic E-state index is 0.140. The van der Waals surface area contributed by atoms with Crippen molar-refractivity contribution < 1.29 is 9.59 Å². The molecule has 1 fully saturated rings. The normalized spacial score (nSPS) is 28.9. The molecule has 4 nitrogen and oxygen atoms in total. The van der Waals surface area contributed by atoms with Crippen LogP contribution in [0.5, 0.6) is 0 Å². The highest BCUT2D eigenvalue weighted by atomic mass is 16.2. The third-order valence-corrected chi connectivity index (χ3v) is 3.60. The van der Waals surface area contributed by atoms with Crippen molar-refractivity contribution >= 4 is 11.8 Å². The SMILES string of the molecule is CC1(C)CCCNC1CN1C(=O)C=CC1=O. The Morgan fingerprint density at radius 2 is 2.00 bits per heavy atom. The highest BCUT2D eigenvalue weighted by Crippen LogP contribution is 2.30. The van der Waals surface area contributed by atoms with E-state index in [4.69, 9.17) is 0 Å². The maximum atomic E-state index is 11.5. The Balaban J connectivity index is 2.04. The fraction of sp³-hybridized carbons (Fsp3) is 0.667. The zero-order valence-electron chi connectivity index (χ0n) is 9.82. The fourth-order valence-corrected chi connectivity index (χ4v) is 2.38. The van der Waals surface area contributed by atoms with Crippen LogP contribution in [0, 0.1) is 5.41 Å². The molecule has 1 N–H and O–H groups in total. The largest absolute Gasteiger partial charge is 0.312 e. The average Bonchev–Trinajstić information content (AvgIpc) is 2.52. The second-order valence-corrected chi connectivity index (χ2v) is 5.22. The smallest absolute Gasteiger partial charge is 0.253 e. The van der Waals surface area contributed by atoms with Gasteiger partial charge in [0.1, 0.15) is 0 Å². The summed E-state index contributed by atoms with van der Waals surface area (Å²) >= 11 is 0. The predicted octanol–water partition coefficient (Wildman–Crippen LogP) is 0.690. The summed E-state index contributed by atoms with van der Waals surface area (Å²) in [7, 11) is 0. The van der Waals surface area contributed by atoms with Gasteiger partial charge in [0.05, 0.1) is 0 Å². The molecule has 0 aromatic rings. The van der Waals surface area contributed by atoms with Crippen LogP contribution in [-0.4, -0.2) is 35.8 Å². The zero-order chi connectivity index (χ0) is 11.8. The molecule has 0 radical (unpaired) electrons. The molecule has 16 heavy (non-hydrogen) atoms. The van der Waals surface area contributed by atoms with Crippen molar-refractivity contribution in [1.82, 2.24) is 10.2 Å². The number of piperidine rings is 1. The molecule has 0 saturated carbocycles. The molecule has 1 saturated heterocycles. The highest BCUT2D eigenvalue weighted by molar-refractivity contribution is 6.12. The van der Waals surface area contributed by atoms with Gasteiger partial charge in [-0.15, -0.1) is 0 Å². The number of carbonyl (C=O) groups is 2. The molecular weight excluding hydrogens is 204 g/mol. The van der Waals surface area contributed by atoms with Gasteiger partial charge in [-0.2, -0.15) is 0 Å². The van der Waals surface area contributed by atoms with Gasteiger partial charge in [0, 0.05) is 24.7 Å². The van der Waals surface area contributed by atoms with Gasteiger partial charge in [-0.1, -0.05) is 13.8 Å². The van der Waals surface area contributed by atoms with Gasteiger partial charge in [0.2, 0.25) is 0 Å². The lowest BCUT2D eigenvalue weighted by atomic mass is 9.77. The van der Waals surface area contributed by atoms with Crippen molar-refractivity contribution in [3.05, 3.63) is 12.2 Å². The number of carbonyl (C=O) groups excluding carboxylic acids is 2. The van der Waals surface area contributed by atoms with Crippen LogP contribution in [-0.2, 0) is 9.59 Å². The van der Waals surface area contributed by atoms with E-state index in [2.05, 4.69) is 19.2 Å². The lowest BCUT2D eigenvalue weighted by Gasteiger charge is -2.40. The van der Waals surface area contributed by atoms with Crippen molar-refractivity contribution in [2.24, 2.45) is 5.41 Å². The third-order valence-electron chi connectivity index (χ3n) is 3.60. The molecule has 0 aromatic heterocycles. The Hall–Kier alpha value is -1.16. The molecule has 0 aliphatic carbocycles. The summed E-state index contributed by atoms with van der Waals surface area (Å²) in [4.78, 5) is 24.2. The molecule has 2 amide bonds. The van der Waals surface area contributed by atoms with E-state index in [0.717, 1.165) is 19.4 Å². The Kier molecular flexibility index (Phi) is 2.84. The Labute approximate surface area is 95.7 Å². The summed E-state index contributed by atoms with van der Waals surface area (Å²) in [5.74, 6) is -0.374. The van der Waals surface area contributed by atoms with Crippen molar-refractivity contribution in [3.63, 3.8) is 0 Å². The van der Waals surface area contributed by atoms with Gasteiger partial charge in [-0.05, 0) is 24.8 Å². The minimum Gasteiger partial charge on any atom is -0.312 e. The van der Waals surface area contributed by atoms with E-state index in [1.165, 1.54) is 17.1 Å². The molecule has 2 aliphatic heterocycles. The van der Waals surface area contributed by atoms with Crippen LogP contribution in [0.4, 0.5) is 0 Å². The summed E-state index contributed by atoms with van der Waals surface area (Å²) < 4.78 is 0. The van der Waals surface area contributed by atoms with E-state index in [1.807, 2.05) is 0 Å². The molecule has 2 rings (SSSR count). The number of amides is 2. The monoisotopic (exact) mass is 222 g/mol. The molecular formula is C12H18N2O2. The van der Waals surface area contributed by atoms with Crippen molar-refractivity contribution in [1.29, 1.82) is 0 Å². The van der Waals surface area contributed by atoms with Gasteiger partial charge in [-0.3, -0.25) is 14.5 Å². The van der Waals surface area contributed by atoms with E-state index in [0.29, 0.717) is 6.54 Å². The zero-order valence-corrected chi connectivity index (χ0v) is 9.82. The number of rotatable bonds is 2. The van der Waals surface area contributed by atoms with Crippen LogP contribution in [0.2, 0.25) is 0 Å². The van der Waals surface area contributed by atoms with Gasteiger partial charge in [0.25, 0.3) is 11.8 Å². The summed E-state index contributed by atoms with van der Waals surface area (Å²) in [5, 5.41) is 3.40. The summed E-state index contributed by atoms with van der Waals surface area (Å²) in [5.41, 5.74) is 0.140. The quantitative estimate of drug-likeness (QED) is 0.699. The average molecular weight is 222 g/mol. The van der Waals surface area contributed by atoms with E-state index in [-0.39, 0.29) is 23.3 Å². The summed E-state index contributed by atoms with van der Waals surface area (Å²) in [6.07, 6.45) is 4.98. The van der Waals surface area contributed by atoms with Crippen molar-refractivity contribution in [2.45, 2.75) is 32.7 Å². The maximum absolute atomic E-state index is 11.5. The number of nitrogens with zero attached hydrogens (tertiary/aromatic N) is 1. The first kappa shape index (κ1) is 11.3. The third kappa shape index (κ3) is 2.02. The number of imide groups is 1.